The van der Waals surface area contributed by atoms with E-state index in [1.54, 1.807) is 6.92 Å². The van der Waals surface area contributed by atoms with Gasteiger partial charge in [-0.15, -0.1) is 0 Å². The summed E-state index contributed by atoms with van der Waals surface area (Å²) in [5.41, 5.74) is 2.36. The SMILES string of the molecule is CCOC(=O)C(CC)NN. The molecule has 4 nitrogen and oxygen atoms in total. The van der Waals surface area contributed by atoms with Crippen LogP contribution in [-0.4, -0.2) is 18.6 Å². The van der Waals surface area contributed by atoms with E-state index in [0.29, 0.717) is 13.0 Å². The Balaban J connectivity index is 3.65. The van der Waals surface area contributed by atoms with Gasteiger partial charge in [-0.3, -0.25) is 10.6 Å². The molecule has 4 heteroatoms. The van der Waals surface area contributed by atoms with Crippen LogP contribution < -0.4 is 11.3 Å². The van der Waals surface area contributed by atoms with E-state index in [-0.39, 0.29) is 12.0 Å². The zero-order valence-electron chi connectivity index (χ0n) is 6.39. The van der Waals surface area contributed by atoms with Crippen LogP contribution in [0.2, 0.25) is 0 Å². The Labute approximate surface area is 60.7 Å². The van der Waals surface area contributed by atoms with Crippen LogP contribution in [-0.2, 0) is 9.53 Å². The number of hydrogen-bond donors (Lipinski definition) is 2. The Morgan fingerprint density at radius 3 is 2.60 bits per heavy atom. The lowest BCUT2D eigenvalue weighted by Gasteiger charge is -2.10. The van der Waals surface area contributed by atoms with Gasteiger partial charge in [-0.1, -0.05) is 6.92 Å². The lowest BCUT2D eigenvalue weighted by molar-refractivity contribution is -0.145. The third-order valence-electron chi connectivity index (χ3n) is 1.18. The maximum Gasteiger partial charge on any atom is 0.324 e. The molecule has 0 bridgehead atoms. The van der Waals surface area contributed by atoms with Gasteiger partial charge in [0, 0.05) is 0 Å². The van der Waals surface area contributed by atoms with Gasteiger partial charge in [0.2, 0.25) is 0 Å². The quantitative estimate of drug-likeness (QED) is 0.327. The first-order valence-electron chi connectivity index (χ1n) is 3.39. The standard InChI is InChI=1S/C6H14N2O2/c1-3-5(8-7)6(9)10-4-2/h5,8H,3-4,7H2,1-2H3. The molecule has 60 valence electrons. The molecule has 0 fully saturated rings. The highest BCUT2D eigenvalue weighted by atomic mass is 16.5. The smallest absolute Gasteiger partial charge is 0.324 e. The van der Waals surface area contributed by atoms with E-state index in [9.17, 15) is 4.79 Å². The molecule has 1 atom stereocenters. The first kappa shape index (κ1) is 9.39. The van der Waals surface area contributed by atoms with Crippen molar-refractivity contribution in [1.82, 2.24) is 5.43 Å². The number of ether oxygens (including phenoxy) is 1. The summed E-state index contributed by atoms with van der Waals surface area (Å²) in [4.78, 5) is 10.8. The van der Waals surface area contributed by atoms with Gasteiger partial charge >= 0.3 is 5.97 Å². The second-order valence-electron chi connectivity index (χ2n) is 1.88. The number of nitrogens with one attached hydrogen (secondary N) is 1. The molecule has 0 saturated heterocycles. The van der Waals surface area contributed by atoms with Gasteiger partial charge in [-0.05, 0) is 13.3 Å². The van der Waals surface area contributed by atoms with E-state index in [1.807, 2.05) is 6.92 Å². The number of rotatable bonds is 4. The normalized spacial score (nSPS) is 12.7. The van der Waals surface area contributed by atoms with E-state index in [0.717, 1.165) is 0 Å². The van der Waals surface area contributed by atoms with Crippen molar-refractivity contribution in [2.75, 3.05) is 6.61 Å². The molecular formula is C6H14N2O2. The van der Waals surface area contributed by atoms with Gasteiger partial charge in [0.1, 0.15) is 6.04 Å². The van der Waals surface area contributed by atoms with Crippen LogP contribution in [0.3, 0.4) is 0 Å². The minimum absolute atomic E-state index is 0.285. The van der Waals surface area contributed by atoms with Crippen LogP contribution in [0.25, 0.3) is 0 Å². The van der Waals surface area contributed by atoms with Crippen molar-refractivity contribution in [2.24, 2.45) is 5.84 Å². The van der Waals surface area contributed by atoms with Crippen LogP contribution in [0.5, 0.6) is 0 Å². The lowest BCUT2D eigenvalue weighted by Crippen LogP contribution is -2.41. The molecule has 0 aliphatic rings. The molecule has 0 radical (unpaired) electrons. The summed E-state index contributed by atoms with van der Waals surface area (Å²) in [6, 6.07) is -0.361. The Morgan fingerprint density at radius 1 is 1.70 bits per heavy atom. The van der Waals surface area contributed by atoms with E-state index >= 15 is 0 Å². The number of esters is 1. The molecule has 0 aromatic carbocycles. The van der Waals surface area contributed by atoms with Crippen molar-refractivity contribution >= 4 is 5.97 Å². The molecule has 0 aromatic rings. The average molecular weight is 146 g/mol. The molecule has 0 aliphatic heterocycles. The van der Waals surface area contributed by atoms with Crippen LogP contribution in [0.4, 0.5) is 0 Å². The summed E-state index contributed by atoms with van der Waals surface area (Å²) in [5.74, 6) is 4.78. The number of carbonyl (C=O) groups excluding carboxylic acids is 1. The summed E-state index contributed by atoms with van der Waals surface area (Å²) >= 11 is 0. The fourth-order valence-electron chi connectivity index (χ4n) is 0.595. The maximum absolute atomic E-state index is 10.8. The van der Waals surface area contributed by atoms with Crippen LogP contribution >= 0.6 is 0 Å². The molecule has 0 rings (SSSR count). The van der Waals surface area contributed by atoms with Crippen LogP contribution in [0, 0.1) is 0 Å². The van der Waals surface area contributed by atoms with Crippen LogP contribution in [0.1, 0.15) is 20.3 Å². The van der Waals surface area contributed by atoms with Crippen molar-refractivity contribution in [1.29, 1.82) is 0 Å². The molecule has 10 heavy (non-hydrogen) atoms. The van der Waals surface area contributed by atoms with Gasteiger partial charge in [0.25, 0.3) is 0 Å². The van der Waals surface area contributed by atoms with Gasteiger partial charge in [-0.2, -0.15) is 0 Å². The molecule has 0 amide bonds. The Hall–Kier alpha value is -0.610. The van der Waals surface area contributed by atoms with Gasteiger partial charge in [-0.25, -0.2) is 5.43 Å². The molecule has 0 heterocycles. The molecule has 0 aliphatic carbocycles. The van der Waals surface area contributed by atoms with Crippen molar-refractivity contribution in [3.05, 3.63) is 0 Å². The van der Waals surface area contributed by atoms with Crippen molar-refractivity contribution < 1.29 is 9.53 Å². The van der Waals surface area contributed by atoms with E-state index in [1.165, 1.54) is 0 Å². The predicted molar refractivity (Wildman–Crippen MR) is 38.0 cm³/mol. The zero-order chi connectivity index (χ0) is 7.98. The highest BCUT2D eigenvalue weighted by Crippen LogP contribution is 1.91. The largest absolute Gasteiger partial charge is 0.465 e. The summed E-state index contributed by atoms with van der Waals surface area (Å²) in [7, 11) is 0. The zero-order valence-corrected chi connectivity index (χ0v) is 6.39. The van der Waals surface area contributed by atoms with Crippen molar-refractivity contribution in [3.8, 4) is 0 Å². The van der Waals surface area contributed by atoms with E-state index in [4.69, 9.17) is 10.6 Å². The highest BCUT2D eigenvalue weighted by molar-refractivity contribution is 5.75. The molecule has 0 saturated carbocycles. The Morgan fingerprint density at radius 2 is 2.30 bits per heavy atom. The minimum atomic E-state index is -0.361. The van der Waals surface area contributed by atoms with Crippen LogP contribution in [0.15, 0.2) is 0 Å². The minimum Gasteiger partial charge on any atom is -0.465 e. The van der Waals surface area contributed by atoms with E-state index < -0.39 is 0 Å². The van der Waals surface area contributed by atoms with Gasteiger partial charge in [0.15, 0.2) is 0 Å². The van der Waals surface area contributed by atoms with Crippen molar-refractivity contribution in [2.45, 2.75) is 26.3 Å². The first-order chi connectivity index (χ1) is 4.76. The fourth-order valence-corrected chi connectivity index (χ4v) is 0.595. The summed E-state index contributed by atoms with van der Waals surface area (Å²) in [6.45, 7) is 4.03. The maximum atomic E-state index is 10.8. The second-order valence-corrected chi connectivity index (χ2v) is 1.88. The fraction of sp³-hybridized carbons (Fsp3) is 0.833. The summed E-state index contributed by atoms with van der Waals surface area (Å²) < 4.78 is 4.70. The number of nitrogens with two attached hydrogens (primary N) is 1. The van der Waals surface area contributed by atoms with E-state index in [2.05, 4.69) is 5.43 Å². The lowest BCUT2D eigenvalue weighted by atomic mass is 10.2. The average Bonchev–Trinajstić information content (AvgIpc) is 1.91. The van der Waals surface area contributed by atoms with Crippen molar-refractivity contribution in [3.63, 3.8) is 0 Å². The molecular weight excluding hydrogens is 132 g/mol. The number of hydrazine groups is 1. The number of carbonyl (C=O) groups is 1. The predicted octanol–water partition coefficient (Wildman–Crippen LogP) is -0.209. The molecule has 1 unspecified atom stereocenters. The third kappa shape index (κ3) is 2.80. The molecule has 0 spiro atoms. The number of hydrogen-bond acceptors (Lipinski definition) is 4. The summed E-state index contributed by atoms with van der Waals surface area (Å²) in [5, 5.41) is 0. The molecule has 3 N–H and O–H groups in total. The van der Waals surface area contributed by atoms with Gasteiger partial charge < -0.3 is 4.74 Å². The van der Waals surface area contributed by atoms with Gasteiger partial charge in [0.05, 0.1) is 6.61 Å². The monoisotopic (exact) mass is 146 g/mol. The molecule has 0 aromatic heterocycles. The Kier molecular flexibility index (Phi) is 4.88. The Bertz CT molecular complexity index is 102. The third-order valence-corrected chi connectivity index (χ3v) is 1.18. The second kappa shape index (κ2) is 5.20. The summed E-state index contributed by atoms with van der Waals surface area (Å²) in [6.07, 6.45) is 0.648. The first-order valence-corrected chi connectivity index (χ1v) is 3.39. The highest BCUT2D eigenvalue weighted by Gasteiger charge is 2.14. The topological polar surface area (TPSA) is 64.3 Å².